The van der Waals surface area contributed by atoms with E-state index in [1.807, 2.05) is 6.07 Å². The molecule has 1 heterocycles. The maximum atomic E-state index is 13.3. The zero-order valence-corrected chi connectivity index (χ0v) is 14.7. The van der Waals surface area contributed by atoms with E-state index in [1.54, 1.807) is 23.1 Å². The summed E-state index contributed by atoms with van der Waals surface area (Å²) in [7, 11) is 0. The lowest BCUT2D eigenvalue weighted by Gasteiger charge is -2.35. The molecule has 1 fully saturated rings. The maximum Gasteiger partial charge on any atom is 0.254 e. The Morgan fingerprint density at radius 1 is 0.926 bits per heavy atom. The molecule has 2 amide bonds. The lowest BCUT2D eigenvalue weighted by molar-refractivity contribution is -0.132. The second-order valence-electron chi connectivity index (χ2n) is 6.43. The van der Waals surface area contributed by atoms with Gasteiger partial charge in [0, 0.05) is 38.2 Å². The van der Waals surface area contributed by atoms with Gasteiger partial charge in [-0.05, 0) is 36.2 Å². The van der Waals surface area contributed by atoms with Crippen molar-refractivity contribution in [1.82, 2.24) is 9.80 Å². The molecule has 7 heteroatoms. The van der Waals surface area contributed by atoms with E-state index in [4.69, 9.17) is 0 Å². The Morgan fingerprint density at radius 2 is 1.59 bits per heavy atom. The highest BCUT2D eigenvalue weighted by Crippen LogP contribution is 2.18. The topological polar surface area (TPSA) is 60.9 Å². The molecule has 5 nitrogen and oxygen atoms in total. The second kappa shape index (κ2) is 8.16. The molecule has 3 rings (SSSR count). The van der Waals surface area contributed by atoms with E-state index in [2.05, 4.69) is 0 Å². The van der Waals surface area contributed by atoms with Crippen LogP contribution >= 0.6 is 0 Å². The van der Waals surface area contributed by atoms with Crippen molar-refractivity contribution < 1.29 is 23.5 Å². The number of piperazine rings is 1. The summed E-state index contributed by atoms with van der Waals surface area (Å²) in [6, 6.07) is 9.98. The number of hydrogen-bond acceptors (Lipinski definition) is 3. The number of amides is 2. The lowest BCUT2D eigenvalue weighted by atomic mass is 10.1. The first-order valence-electron chi connectivity index (χ1n) is 8.74. The molecule has 0 bridgehead atoms. The van der Waals surface area contributed by atoms with Crippen molar-refractivity contribution in [1.29, 1.82) is 0 Å². The van der Waals surface area contributed by atoms with E-state index < -0.39 is 11.6 Å². The molecule has 27 heavy (non-hydrogen) atoms. The van der Waals surface area contributed by atoms with E-state index >= 15 is 0 Å². The van der Waals surface area contributed by atoms with Gasteiger partial charge in [0.1, 0.15) is 5.75 Å². The predicted molar refractivity (Wildman–Crippen MR) is 95.3 cm³/mol. The number of aromatic hydroxyl groups is 1. The minimum Gasteiger partial charge on any atom is -0.508 e. The first-order chi connectivity index (χ1) is 13.0. The Kier molecular flexibility index (Phi) is 5.69. The number of phenolic OH excluding ortho intramolecular Hbond substituents is 1. The normalized spacial score (nSPS) is 14.3. The number of hydrogen-bond donors (Lipinski definition) is 1. The largest absolute Gasteiger partial charge is 0.508 e. The van der Waals surface area contributed by atoms with E-state index in [0.29, 0.717) is 32.6 Å². The summed E-state index contributed by atoms with van der Waals surface area (Å²) in [6.07, 6.45) is 0.716. The number of benzene rings is 2. The Labute approximate surface area is 155 Å². The summed E-state index contributed by atoms with van der Waals surface area (Å²) in [5.74, 6) is -2.30. The van der Waals surface area contributed by atoms with Crippen LogP contribution in [0.1, 0.15) is 22.3 Å². The number of carbonyl (C=O) groups is 2. The highest BCUT2D eigenvalue weighted by Gasteiger charge is 2.25. The van der Waals surface area contributed by atoms with Gasteiger partial charge in [-0.3, -0.25) is 9.59 Å². The molecule has 0 saturated carbocycles. The van der Waals surface area contributed by atoms with Crippen molar-refractivity contribution in [2.45, 2.75) is 12.8 Å². The molecule has 0 aliphatic carbocycles. The molecule has 2 aromatic carbocycles. The summed E-state index contributed by atoms with van der Waals surface area (Å²) in [5, 5.41) is 9.76. The number of aryl methyl sites for hydroxylation is 1. The number of rotatable bonds is 4. The van der Waals surface area contributed by atoms with Crippen molar-refractivity contribution in [2.24, 2.45) is 0 Å². The molecule has 0 aromatic heterocycles. The Morgan fingerprint density at radius 3 is 2.26 bits per heavy atom. The first kappa shape index (κ1) is 18.8. The van der Waals surface area contributed by atoms with Crippen molar-refractivity contribution in [2.75, 3.05) is 26.2 Å². The summed E-state index contributed by atoms with van der Waals surface area (Å²) in [5.41, 5.74) is 0.811. The fraction of sp³-hybridized carbons (Fsp3) is 0.300. The van der Waals surface area contributed by atoms with Gasteiger partial charge in [-0.1, -0.05) is 18.2 Å². The van der Waals surface area contributed by atoms with Crippen LogP contribution in [0.5, 0.6) is 5.75 Å². The number of para-hydroxylation sites is 1. The quantitative estimate of drug-likeness (QED) is 0.895. The van der Waals surface area contributed by atoms with Gasteiger partial charge in [-0.2, -0.15) is 0 Å². The fourth-order valence-corrected chi connectivity index (χ4v) is 3.09. The Balaban J connectivity index is 1.52. The van der Waals surface area contributed by atoms with E-state index in [-0.39, 0.29) is 29.5 Å². The van der Waals surface area contributed by atoms with E-state index in [9.17, 15) is 23.5 Å². The number of nitrogens with zero attached hydrogens (tertiary/aromatic N) is 2. The molecular weight excluding hydrogens is 354 g/mol. The van der Waals surface area contributed by atoms with Crippen molar-refractivity contribution in [3.63, 3.8) is 0 Å². The van der Waals surface area contributed by atoms with E-state index in [0.717, 1.165) is 17.7 Å². The molecule has 1 N–H and O–H groups in total. The highest BCUT2D eigenvalue weighted by molar-refractivity contribution is 5.94. The van der Waals surface area contributed by atoms with Crippen LogP contribution in [0.25, 0.3) is 0 Å². The zero-order chi connectivity index (χ0) is 19.4. The summed E-state index contributed by atoms with van der Waals surface area (Å²) in [4.78, 5) is 28.0. The van der Waals surface area contributed by atoms with E-state index in [1.165, 1.54) is 11.0 Å². The van der Waals surface area contributed by atoms with Crippen LogP contribution in [0.15, 0.2) is 42.5 Å². The smallest absolute Gasteiger partial charge is 0.254 e. The average Bonchev–Trinajstić information content (AvgIpc) is 2.69. The van der Waals surface area contributed by atoms with Crippen LogP contribution in [0.4, 0.5) is 8.78 Å². The van der Waals surface area contributed by atoms with Crippen molar-refractivity contribution in [3.05, 3.63) is 65.2 Å². The molecule has 0 radical (unpaired) electrons. The average molecular weight is 374 g/mol. The lowest BCUT2D eigenvalue weighted by Crippen LogP contribution is -2.50. The molecular formula is C20H20F2N2O3. The van der Waals surface area contributed by atoms with Gasteiger partial charge >= 0.3 is 0 Å². The van der Waals surface area contributed by atoms with Crippen LogP contribution < -0.4 is 0 Å². The maximum absolute atomic E-state index is 13.3. The molecule has 0 unspecified atom stereocenters. The molecule has 0 spiro atoms. The third-order valence-electron chi connectivity index (χ3n) is 4.69. The van der Waals surface area contributed by atoms with Gasteiger partial charge in [0.05, 0.1) is 0 Å². The van der Waals surface area contributed by atoms with Crippen LogP contribution in [0, 0.1) is 11.6 Å². The van der Waals surface area contributed by atoms with Gasteiger partial charge in [0.2, 0.25) is 5.91 Å². The van der Waals surface area contributed by atoms with Crippen molar-refractivity contribution in [3.8, 4) is 5.75 Å². The summed E-state index contributed by atoms with van der Waals surface area (Å²) in [6.45, 7) is 1.43. The number of phenols is 1. The van der Waals surface area contributed by atoms with Crippen LogP contribution in [-0.2, 0) is 11.2 Å². The van der Waals surface area contributed by atoms with Crippen LogP contribution in [0.3, 0.4) is 0 Å². The zero-order valence-electron chi connectivity index (χ0n) is 14.7. The van der Waals surface area contributed by atoms with Crippen molar-refractivity contribution >= 4 is 11.8 Å². The monoisotopic (exact) mass is 374 g/mol. The SMILES string of the molecule is O=C(CCc1ccccc1O)N1CCN(C(=O)c2ccc(F)c(F)c2)CC1. The molecule has 1 aliphatic heterocycles. The highest BCUT2D eigenvalue weighted by atomic mass is 19.2. The minimum atomic E-state index is -1.06. The summed E-state index contributed by atoms with van der Waals surface area (Å²) < 4.78 is 26.3. The van der Waals surface area contributed by atoms with Crippen LogP contribution in [-0.4, -0.2) is 52.9 Å². The van der Waals surface area contributed by atoms with Gasteiger partial charge in [-0.25, -0.2) is 8.78 Å². The number of carbonyl (C=O) groups excluding carboxylic acids is 2. The first-order valence-corrected chi connectivity index (χ1v) is 8.74. The Bertz CT molecular complexity index is 849. The fourth-order valence-electron chi connectivity index (χ4n) is 3.09. The Hall–Kier alpha value is -2.96. The number of halogens is 2. The molecule has 0 atom stereocenters. The van der Waals surface area contributed by atoms with Gasteiger partial charge in [0.25, 0.3) is 5.91 Å². The summed E-state index contributed by atoms with van der Waals surface area (Å²) >= 11 is 0. The minimum absolute atomic E-state index is 0.0434. The third-order valence-corrected chi connectivity index (χ3v) is 4.69. The third kappa shape index (κ3) is 4.42. The van der Waals surface area contributed by atoms with Crippen LogP contribution in [0.2, 0.25) is 0 Å². The molecule has 1 saturated heterocycles. The van der Waals surface area contributed by atoms with Gasteiger partial charge in [-0.15, -0.1) is 0 Å². The second-order valence-corrected chi connectivity index (χ2v) is 6.43. The van der Waals surface area contributed by atoms with Gasteiger partial charge in [0.15, 0.2) is 11.6 Å². The molecule has 142 valence electrons. The predicted octanol–water partition coefficient (Wildman–Crippen LogP) is 2.59. The molecule has 2 aromatic rings. The van der Waals surface area contributed by atoms with Gasteiger partial charge < -0.3 is 14.9 Å². The standard InChI is InChI=1S/C20H20F2N2O3/c21-16-7-5-15(13-17(16)22)20(27)24-11-9-23(10-12-24)19(26)8-6-14-3-1-2-4-18(14)25/h1-5,7,13,25H,6,8-12H2. The molecule has 1 aliphatic rings.